The van der Waals surface area contributed by atoms with Gasteiger partial charge in [0.1, 0.15) is 0 Å². The zero-order valence-electron chi connectivity index (χ0n) is 55.6. The van der Waals surface area contributed by atoms with E-state index in [9.17, 15) is 43.2 Å². The van der Waals surface area contributed by atoms with E-state index < -0.39 is 17.3 Å². The Bertz CT molecular complexity index is 3800. The van der Waals surface area contributed by atoms with Crippen LogP contribution in [0.2, 0.25) is 30.1 Å². The van der Waals surface area contributed by atoms with Crippen LogP contribution in [0.15, 0.2) is 138 Å². The molecule has 3 heterocycles. The fourth-order valence-electron chi connectivity index (χ4n) is 11.4. The SMILES string of the molecule is CCCOCCOCCOCCOS(=O)(=O)c1ccc(C)cc1.O=[N+]([O-])c1cccc(C2CN(CCOCCOCCOCCN3Cc4c(Cl)cc(Cl)cc4C(c4cccc([N+](=O)[O-])c4)C3)Cc3c(Cl)cc(Cl)cc32)c1.O=[N+]([O-])c1cccc(C2CNCc3c(Cl)cc(Cl)cc32)c1.[2H]CF. The average molecular weight is 1510 g/mol. The number of hydrogen-bond donors (Lipinski definition) is 1. The Morgan fingerprint density at radius 2 is 0.859 bits per heavy atom. The van der Waals surface area contributed by atoms with Gasteiger partial charge < -0.3 is 33.7 Å². The molecule has 534 valence electrons. The fourth-order valence-corrected chi connectivity index (χ4v) is 14.0. The van der Waals surface area contributed by atoms with Crippen LogP contribution in [0.5, 0.6) is 0 Å². The summed E-state index contributed by atoms with van der Waals surface area (Å²) in [7, 11) is -4.72. The third-order valence-electron chi connectivity index (χ3n) is 16.2. The largest absolute Gasteiger partial charge is 0.379 e. The van der Waals surface area contributed by atoms with Gasteiger partial charge in [0.05, 0.1) is 107 Å². The number of aryl methyl sites for hydroxylation is 1. The normalized spacial score (nSPS) is 15.9. The van der Waals surface area contributed by atoms with Crippen LogP contribution in [0.1, 0.15) is 88.1 Å². The first-order valence-electron chi connectivity index (χ1n) is 32.4. The lowest BCUT2D eigenvalue weighted by atomic mass is 9.84. The van der Waals surface area contributed by atoms with E-state index in [1.165, 1.54) is 30.3 Å². The second kappa shape index (κ2) is 41.2. The molecule has 29 heteroatoms. The Kier molecular flexibility index (Phi) is 32.7. The highest BCUT2D eigenvalue weighted by molar-refractivity contribution is 7.86. The molecular formula is C70H79Cl6FN6O15S. The van der Waals surface area contributed by atoms with Crippen molar-refractivity contribution in [1.82, 2.24) is 15.1 Å². The van der Waals surface area contributed by atoms with Gasteiger partial charge >= 0.3 is 0 Å². The first-order valence-corrected chi connectivity index (χ1v) is 35.4. The average Bonchev–Trinajstić information content (AvgIpc) is 0.788. The topological polar surface area (TPSA) is 247 Å². The highest BCUT2D eigenvalue weighted by Gasteiger charge is 2.32. The van der Waals surface area contributed by atoms with Crippen LogP contribution in [-0.4, -0.2) is 159 Å². The van der Waals surface area contributed by atoms with E-state index in [0.717, 1.165) is 68.7 Å². The number of rotatable bonds is 31. The summed E-state index contributed by atoms with van der Waals surface area (Å²) in [5.74, 6) is -0.255. The molecule has 10 rings (SSSR count). The van der Waals surface area contributed by atoms with Gasteiger partial charge in [-0.15, -0.1) is 0 Å². The second-order valence-electron chi connectivity index (χ2n) is 22.9. The summed E-state index contributed by atoms with van der Waals surface area (Å²) in [6.45, 7) is 14.6. The van der Waals surface area contributed by atoms with Crippen LogP contribution in [0.25, 0.3) is 0 Å². The lowest BCUT2D eigenvalue weighted by molar-refractivity contribution is -0.385. The maximum Gasteiger partial charge on any atom is 0.297 e. The van der Waals surface area contributed by atoms with Crippen LogP contribution < -0.4 is 5.32 Å². The predicted octanol–water partition coefficient (Wildman–Crippen LogP) is 15.6. The van der Waals surface area contributed by atoms with Crippen molar-refractivity contribution in [3.63, 3.8) is 0 Å². The molecular weight excluding hydrogens is 1430 g/mol. The zero-order valence-corrected chi connectivity index (χ0v) is 60.0. The zero-order chi connectivity index (χ0) is 72.1. The van der Waals surface area contributed by atoms with Gasteiger partial charge in [-0.1, -0.05) is 131 Å². The number of non-ortho nitro benzene ring substituents is 3. The van der Waals surface area contributed by atoms with Gasteiger partial charge in [-0.25, -0.2) is 0 Å². The Hall–Kier alpha value is -6.04. The molecule has 1 N–H and O–H groups in total. The van der Waals surface area contributed by atoms with Gasteiger partial charge in [-0.3, -0.25) is 48.7 Å². The van der Waals surface area contributed by atoms with Gasteiger partial charge in [0.25, 0.3) is 27.2 Å². The summed E-state index contributed by atoms with van der Waals surface area (Å²) < 4.78 is 77.5. The minimum absolute atomic E-state index is 0.00449. The fraction of sp³-hybridized carbons (Fsp3) is 0.400. The molecule has 0 amide bonds. The number of nitrogens with zero attached hydrogens (tertiary/aromatic N) is 5. The quantitative estimate of drug-likeness (QED) is 0.0184. The molecule has 0 fully saturated rings. The van der Waals surface area contributed by atoms with Crippen molar-refractivity contribution < 1.29 is 61.6 Å². The summed E-state index contributed by atoms with van der Waals surface area (Å²) in [6.07, 6.45) is 0.995. The van der Waals surface area contributed by atoms with Crippen LogP contribution >= 0.6 is 69.6 Å². The van der Waals surface area contributed by atoms with Crippen molar-refractivity contribution >= 4 is 96.8 Å². The molecule has 0 spiro atoms. The van der Waals surface area contributed by atoms with E-state index in [-0.39, 0.29) is 67.7 Å². The minimum Gasteiger partial charge on any atom is -0.379 e. The Balaban J connectivity index is 0.000000244. The highest BCUT2D eigenvalue weighted by atomic mass is 35.5. The van der Waals surface area contributed by atoms with Gasteiger partial charge in [0, 0.05) is 143 Å². The summed E-state index contributed by atoms with van der Waals surface area (Å²) in [5.41, 5.74) is 9.65. The maximum atomic E-state index is 11.9. The van der Waals surface area contributed by atoms with Crippen molar-refractivity contribution in [3.05, 3.63) is 250 Å². The summed E-state index contributed by atoms with van der Waals surface area (Å²) in [4.78, 5) is 37.3. The molecule has 0 saturated carbocycles. The number of fused-ring (bicyclic) bond motifs is 3. The highest BCUT2D eigenvalue weighted by Crippen LogP contribution is 2.42. The molecule has 0 aromatic heterocycles. The first-order chi connectivity index (χ1) is 48.1. The number of nitrogens with one attached hydrogen (secondary N) is 1. The molecule has 3 atom stereocenters. The van der Waals surface area contributed by atoms with Crippen LogP contribution in [0, 0.1) is 37.3 Å². The van der Waals surface area contributed by atoms with Crippen molar-refractivity contribution in [1.29, 1.82) is 0 Å². The number of ether oxygens (including phenoxy) is 6. The van der Waals surface area contributed by atoms with Crippen molar-refractivity contribution in [2.24, 2.45) is 0 Å². The Labute approximate surface area is 607 Å². The smallest absolute Gasteiger partial charge is 0.297 e. The molecule has 21 nitrogen and oxygen atoms in total. The van der Waals surface area contributed by atoms with Crippen LogP contribution in [0.4, 0.5) is 21.5 Å². The monoisotopic (exact) mass is 1510 g/mol. The molecule has 3 aliphatic rings. The second-order valence-corrected chi connectivity index (χ2v) is 27.1. The van der Waals surface area contributed by atoms with E-state index in [1.54, 1.807) is 66.7 Å². The summed E-state index contributed by atoms with van der Waals surface area (Å²) in [5, 5.41) is 40.6. The van der Waals surface area contributed by atoms with E-state index in [4.69, 9.17) is 104 Å². The molecule has 0 aliphatic carbocycles. The Morgan fingerprint density at radius 1 is 0.505 bits per heavy atom. The first kappa shape index (κ1) is 78.7. The third-order valence-corrected chi connectivity index (χ3v) is 19.2. The Morgan fingerprint density at radius 3 is 1.25 bits per heavy atom. The van der Waals surface area contributed by atoms with Gasteiger partial charge in [-0.2, -0.15) is 8.42 Å². The van der Waals surface area contributed by atoms with Crippen LogP contribution in [0.3, 0.4) is 0 Å². The van der Waals surface area contributed by atoms with Crippen molar-refractivity contribution in [3.8, 4) is 0 Å². The molecule has 0 saturated heterocycles. The van der Waals surface area contributed by atoms with Crippen molar-refractivity contribution in [2.45, 2.75) is 62.6 Å². The standard InChI is InChI=1S/C38H38Cl4N4O7.C16H26O6S.C15H12Cl2N2O2.CH3F/c39-27-17-31-33(25-3-1-5-29(15-25)45(47)48)21-43(23-35(31)37(41)19-27)7-9-51-11-13-53-14-12-52-10-8-44-22-34(26-4-2-6-30(16-26)46(49)50)32-18-28(40)20-38(42)36(32)24-44;1-3-8-19-9-10-20-11-12-21-13-14-22-23(17,18)16-6-4-15(2)5-7-16;16-10-5-12-13(7-18-8-14(12)15(17)6-10)9-2-1-3-11(4-9)19(20)21;1-2/h1-6,15-20,33-34H,7-14,21-24H2;4-7H,3,8-14H2,1-2H3;1-6,13,18H,7-8H2;1H3/i;;;1D. The van der Waals surface area contributed by atoms with Gasteiger partial charge in [0.15, 0.2) is 0 Å². The maximum absolute atomic E-state index is 11.9. The number of hydrogen-bond acceptors (Lipinski definition) is 18. The predicted molar refractivity (Wildman–Crippen MR) is 383 cm³/mol. The number of halogens is 7. The molecule has 3 aliphatic heterocycles. The summed E-state index contributed by atoms with van der Waals surface area (Å²) in [6, 6.07) is 37.5. The van der Waals surface area contributed by atoms with E-state index >= 15 is 0 Å². The number of benzene rings is 7. The lowest BCUT2D eigenvalue weighted by Crippen LogP contribution is -2.36. The van der Waals surface area contributed by atoms with E-state index in [2.05, 4.69) is 22.0 Å². The molecule has 3 unspecified atom stereocenters. The molecule has 7 aromatic rings. The third kappa shape index (κ3) is 24.6. The number of nitro groups is 3. The number of nitro benzene ring substituents is 3. The van der Waals surface area contributed by atoms with Gasteiger partial charge in [-0.05, 0) is 112 Å². The minimum atomic E-state index is -3.72. The van der Waals surface area contributed by atoms with E-state index in [0.29, 0.717) is 149 Å². The lowest BCUT2D eigenvalue weighted by Gasteiger charge is -2.35. The molecule has 0 radical (unpaired) electrons. The molecule has 0 bridgehead atoms. The van der Waals surface area contributed by atoms with Gasteiger partial charge in [0.2, 0.25) is 0 Å². The van der Waals surface area contributed by atoms with E-state index in [1.807, 2.05) is 43.3 Å². The molecule has 7 aromatic carbocycles. The van der Waals surface area contributed by atoms with Crippen LogP contribution in [-0.2, 0) is 62.4 Å². The summed E-state index contributed by atoms with van der Waals surface area (Å²) >= 11 is 38.3. The molecule has 99 heavy (non-hydrogen) atoms. The number of alkyl halides is 1. The van der Waals surface area contributed by atoms with Crippen molar-refractivity contribution in [2.75, 3.05) is 126 Å².